The number of primary amides is 1. The fourth-order valence-corrected chi connectivity index (χ4v) is 5.38. The van der Waals surface area contributed by atoms with Crippen molar-refractivity contribution in [3.8, 4) is 11.1 Å². The number of nitrogens with two attached hydrogens (primary N) is 1. The van der Waals surface area contributed by atoms with Gasteiger partial charge in [-0.3, -0.25) is 4.79 Å². The third kappa shape index (κ3) is 8.61. The first kappa shape index (κ1) is 29.7. The van der Waals surface area contributed by atoms with Gasteiger partial charge < -0.3 is 20.7 Å². The molecule has 3 aromatic carbocycles. The molecule has 0 saturated heterocycles. The lowest BCUT2D eigenvalue weighted by Gasteiger charge is -2.26. The minimum absolute atomic E-state index is 0.119. The average molecular weight is 556 g/mol. The lowest BCUT2D eigenvalue weighted by atomic mass is 9.83. The van der Waals surface area contributed by atoms with Crippen LogP contribution in [-0.2, 0) is 16.1 Å². The Bertz CT molecular complexity index is 1330. The standard InChI is InChI=1S/C33H37N3O5/c34-33(40)36-35-32(26-13-7-4-8-14-26)31-27(15-9-1-2-10-16-30(38)39)29(21-28(31)37)41-22-23-17-19-25(20-18-23)24-11-5-3-6-12-24/h1,3-9,11-14,17-20,27-29,31,37H,2,10,15-16,21-22H2,(H,38,39)(H3,34,36,40)/b9-1-,35-32?/t27-,28+,29-,31+/m0/s1. The number of nitrogens with one attached hydrogen (secondary N) is 1. The van der Waals surface area contributed by atoms with E-state index in [9.17, 15) is 14.7 Å². The maximum Gasteiger partial charge on any atom is 0.332 e. The Morgan fingerprint density at radius 1 is 0.951 bits per heavy atom. The van der Waals surface area contributed by atoms with Crippen molar-refractivity contribution < 1.29 is 24.5 Å². The molecule has 0 aliphatic heterocycles. The van der Waals surface area contributed by atoms with E-state index in [1.807, 2.05) is 60.7 Å². The SMILES string of the molecule is NC(=O)NN=C(c1ccccc1)[C@@H]1[C@@H](C/C=C\CCCC(=O)O)[C@@H](OCc2ccc(-c3ccccc3)cc2)C[C@H]1O. The molecule has 1 aliphatic carbocycles. The molecule has 1 fully saturated rings. The zero-order valence-electron chi connectivity index (χ0n) is 22.9. The molecule has 0 radical (unpaired) electrons. The summed E-state index contributed by atoms with van der Waals surface area (Å²) >= 11 is 0. The number of aliphatic hydroxyl groups is 1. The van der Waals surface area contributed by atoms with Crippen molar-refractivity contribution >= 4 is 17.7 Å². The van der Waals surface area contributed by atoms with Crippen LogP contribution in [0.1, 0.15) is 43.2 Å². The van der Waals surface area contributed by atoms with Crippen LogP contribution in [0.15, 0.2) is 102 Å². The average Bonchev–Trinajstić information content (AvgIpc) is 3.29. The fraction of sp³-hybridized carbons (Fsp3) is 0.303. The molecular formula is C33H37N3O5. The first-order valence-electron chi connectivity index (χ1n) is 13.9. The van der Waals surface area contributed by atoms with E-state index in [1.165, 1.54) is 0 Å². The number of nitrogens with zero attached hydrogens (tertiary/aromatic N) is 1. The van der Waals surface area contributed by atoms with Gasteiger partial charge in [0.2, 0.25) is 0 Å². The second-order valence-corrected chi connectivity index (χ2v) is 10.2. The lowest BCUT2D eigenvalue weighted by molar-refractivity contribution is -0.137. The van der Waals surface area contributed by atoms with Gasteiger partial charge in [-0.2, -0.15) is 5.10 Å². The van der Waals surface area contributed by atoms with Crippen LogP contribution in [0.25, 0.3) is 11.1 Å². The predicted octanol–water partition coefficient (Wildman–Crippen LogP) is 5.51. The Morgan fingerprint density at radius 3 is 2.27 bits per heavy atom. The molecule has 4 atom stereocenters. The Morgan fingerprint density at radius 2 is 1.61 bits per heavy atom. The molecule has 2 amide bonds. The maximum atomic E-state index is 11.5. The number of hydrogen-bond donors (Lipinski definition) is 4. The molecule has 214 valence electrons. The number of unbranched alkanes of at least 4 members (excludes halogenated alkanes) is 1. The minimum atomic E-state index is -0.812. The quantitative estimate of drug-likeness (QED) is 0.0955. The fourth-order valence-electron chi connectivity index (χ4n) is 5.38. The molecule has 41 heavy (non-hydrogen) atoms. The number of carbonyl (C=O) groups is 2. The van der Waals surface area contributed by atoms with E-state index in [1.54, 1.807) is 0 Å². The summed E-state index contributed by atoms with van der Waals surface area (Å²) in [6, 6.07) is 27.1. The van der Waals surface area contributed by atoms with Crippen LogP contribution < -0.4 is 11.2 Å². The van der Waals surface area contributed by atoms with Gasteiger partial charge in [0, 0.05) is 18.8 Å². The molecule has 8 nitrogen and oxygen atoms in total. The lowest BCUT2D eigenvalue weighted by Crippen LogP contribution is -2.34. The van der Waals surface area contributed by atoms with Gasteiger partial charge in [0.05, 0.1) is 24.5 Å². The predicted molar refractivity (Wildman–Crippen MR) is 159 cm³/mol. The smallest absolute Gasteiger partial charge is 0.332 e. The van der Waals surface area contributed by atoms with Crippen molar-refractivity contribution in [2.45, 2.75) is 50.9 Å². The van der Waals surface area contributed by atoms with Crippen molar-refractivity contribution in [2.24, 2.45) is 22.7 Å². The largest absolute Gasteiger partial charge is 0.481 e. The summed E-state index contributed by atoms with van der Waals surface area (Å²) in [5, 5.41) is 24.5. The van der Waals surface area contributed by atoms with Crippen LogP contribution in [0, 0.1) is 11.8 Å². The number of aliphatic hydroxyl groups excluding tert-OH is 1. The summed E-state index contributed by atoms with van der Waals surface area (Å²) < 4.78 is 6.43. The second-order valence-electron chi connectivity index (χ2n) is 10.2. The molecule has 0 heterocycles. The number of carbonyl (C=O) groups excluding carboxylic acids is 1. The Balaban J connectivity index is 1.53. The van der Waals surface area contributed by atoms with Crippen LogP contribution in [0.5, 0.6) is 0 Å². The van der Waals surface area contributed by atoms with Gasteiger partial charge in [-0.25, -0.2) is 10.2 Å². The van der Waals surface area contributed by atoms with Crippen LogP contribution in [0.3, 0.4) is 0 Å². The van der Waals surface area contributed by atoms with Gasteiger partial charge in [0.25, 0.3) is 0 Å². The highest BCUT2D eigenvalue weighted by Gasteiger charge is 2.45. The molecular weight excluding hydrogens is 518 g/mol. The first-order valence-corrected chi connectivity index (χ1v) is 13.9. The second kappa shape index (κ2) is 14.9. The molecule has 1 saturated carbocycles. The zero-order valence-corrected chi connectivity index (χ0v) is 22.9. The number of ether oxygens (including phenoxy) is 1. The number of carboxylic acids is 1. The van der Waals surface area contributed by atoms with Crippen molar-refractivity contribution in [2.75, 3.05) is 0 Å². The topological polar surface area (TPSA) is 134 Å². The highest BCUT2D eigenvalue weighted by molar-refractivity contribution is 6.03. The molecule has 0 unspecified atom stereocenters. The van der Waals surface area contributed by atoms with E-state index in [-0.39, 0.29) is 18.4 Å². The van der Waals surface area contributed by atoms with Gasteiger partial charge in [0.15, 0.2) is 0 Å². The van der Waals surface area contributed by atoms with Gasteiger partial charge in [-0.1, -0.05) is 97.1 Å². The van der Waals surface area contributed by atoms with Crippen molar-refractivity contribution in [3.63, 3.8) is 0 Å². The van der Waals surface area contributed by atoms with Gasteiger partial charge in [0.1, 0.15) is 0 Å². The first-order chi connectivity index (χ1) is 19.9. The number of hydrazone groups is 1. The third-order valence-electron chi connectivity index (χ3n) is 7.36. The maximum absolute atomic E-state index is 11.5. The molecule has 0 spiro atoms. The number of urea groups is 1. The number of rotatable bonds is 13. The van der Waals surface area contributed by atoms with Crippen LogP contribution in [0.4, 0.5) is 4.79 Å². The van der Waals surface area contributed by atoms with Crippen molar-refractivity contribution in [1.29, 1.82) is 0 Å². The normalized spacial score (nSPS) is 20.8. The summed E-state index contributed by atoms with van der Waals surface area (Å²) in [6.45, 7) is 0.384. The van der Waals surface area contributed by atoms with Gasteiger partial charge in [-0.15, -0.1) is 0 Å². The van der Waals surface area contributed by atoms with Crippen LogP contribution in [0.2, 0.25) is 0 Å². The van der Waals surface area contributed by atoms with E-state index < -0.39 is 24.0 Å². The van der Waals surface area contributed by atoms with E-state index >= 15 is 0 Å². The molecule has 0 aromatic heterocycles. The van der Waals surface area contributed by atoms with Crippen LogP contribution in [-0.4, -0.2) is 40.1 Å². The van der Waals surface area contributed by atoms with Gasteiger partial charge >= 0.3 is 12.0 Å². The molecule has 5 N–H and O–H groups in total. The van der Waals surface area contributed by atoms with Crippen molar-refractivity contribution in [3.05, 3.63) is 108 Å². The number of amides is 2. The number of carboxylic acid groups (broad SMARTS) is 1. The number of allylic oxidation sites excluding steroid dienone is 2. The summed E-state index contributed by atoms with van der Waals surface area (Å²) in [6.07, 6.45) is 5.30. The van der Waals surface area contributed by atoms with E-state index in [4.69, 9.17) is 15.6 Å². The molecule has 3 aromatic rings. The molecule has 1 aliphatic rings. The third-order valence-corrected chi connectivity index (χ3v) is 7.36. The Hall–Kier alpha value is -4.27. The number of aliphatic carboxylic acids is 1. The number of benzene rings is 3. The van der Waals surface area contributed by atoms with Crippen molar-refractivity contribution in [1.82, 2.24) is 5.43 Å². The minimum Gasteiger partial charge on any atom is -0.481 e. The summed E-state index contributed by atoms with van der Waals surface area (Å²) in [5.74, 6) is -1.37. The highest BCUT2D eigenvalue weighted by Crippen LogP contribution is 2.40. The summed E-state index contributed by atoms with van der Waals surface area (Å²) in [5.41, 5.74) is 12.3. The Kier molecular flexibility index (Phi) is 10.8. The molecule has 8 heteroatoms. The highest BCUT2D eigenvalue weighted by atomic mass is 16.5. The molecule has 0 bridgehead atoms. The summed E-state index contributed by atoms with van der Waals surface area (Å²) in [7, 11) is 0. The van der Waals surface area contributed by atoms with E-state index in [0.717, 1.165) is 22.3 Å². The van der Waals surface area contributed by atoms with Crippen LogP contribution >= 0.6 is 0 Å². The zero-order chi connectivity index (χ0) is 29.0. The monoisotopic (exact) mass is 555 g/mol. The van der Waals surface area contributed by atoms with Gasteiger partial charge in [-0.05, 0) is 47.4 Å². The van der Waals surface area contributed by atoms with E-state index in [0.29, 0.717) is 38.0 Å². The molecule has 4 rings (SSSR count). The Labute approximate surface area is 240 Å². The number of hydrogen-bond acceptors (Lipinski definition) is 5. The van der Waals surface area contributed by atoms with E-state index in [2.05, 4.69) is 46.9 Å². The summed E-state index contributed by atoms with van der Waals surface area (Å²) in [4.78, 5) is 22.4.